The van der Waals surface area contributed by atoms with Gasteiger partial charge in [-0.1, -0.05) is 54.6 Å². The highest BCUT2D eigenvalue weighted by Gasteiger charge is 2.70. The van der Waals surface area contributed by atoms with Gasteiger partial charge >= 0.3 is 0 Å². The Labute approximate surface area is 254 Å². The van der Waals surface area contributed by atoms with Crippen LogP contribution in [0.4, 0.5) is 5.69 Å². The lowest BCUT2D eigenvalue weighted by molar-refractivity contribution is -0.122. The van der Waals surface area contributed by atoms with Gasteiger partial charge < -0.3 is 19.7 Å². The zero-order valence-corrected chi connectivity index (χ0v) is 23.8. The summed E-state index contributed by atoms with van der Waals surface area (Å²) in [5.74, 6) is -1.30. The number of carbonyl (C=O) groups is 3. The molecule has 1 spiro atoms. The molecule has 4 atom stereocenters. The number of carbonyl (C=O) groups excluding carboxylic acids is 3. The third kappa shape index (κ3) is 3.86. The van der Waals surface area contributed by atoms with E-state index in [1.165, 1.54) is 7.11 Å². The van der Waals surface area contributed by atoms with E-state index in [0.29, 0.717) is 33.9 Å². The van der Waals surface area contributed by atoms with Gasteiger partial charge in [0.2, 0.25) is 5.91 Å². The zero-order valence-electron chi connectivity index (χ0n) is 23.8. The van der Waals surface area contributed by atoms with E-state index in [9.17, 15) is 14.4 Å². The van der Waals surface area contributed by atoms with Crippen LogP contribution in [0.15, 0.2) is 103 Å². The number of Topliss-reactive ketones (excluding diaryl/α,β-unsaturated/α-hetero) is 2. The predicted molar refractivity (Wildman–Crippen MR) is 163 cm³/mol. The third-order valence-electron chi connectivity index (χ3n) is 8.94. The largest absolute Gasteiger partial charge is 0.496 e. The number of hydrogen-bond donors (Lipinski definition) is 1. The summed E-state index contributed by atoms with van der Waals surface area (Å²) < 4.78 is 11.0. The molecular weight excluding hydrogens is 554 g/mol. The van der Waals surface area contributed by atoms with Gasteiger partial charge in [0.05, 0.1) is 24.6 Å². The van der Waals surface area contributed by atoms with Crippen molar-refractivity contribution in [3.63, 3.8) is 0 Å². The second-order valence-corrected chi connectivity index (χ2v) is 11.0. The van der Waals surface area contributed by atoms with E-state index in [0.717, 1.165) is 11.1 Å². The van der Waals surface area contributed by atoms with Gasteiger partial charge in [-0.2, -0.15) is 5.26 Å². The van der Waals surface area contributed by atoms with Gasteiger partial charge in [0.15, 0.2) is 18.2 Å². The summed E-state index contributed by atoms with van der Waals surface area (Å²) in [5, 5.41) is 12.0. The first kappa shape index (κ1) is 27.2. The standard InChI is InChI=1S/C36H27N3O5/c1-43-29-13-7-4-10-26(29)33(41)31-30(32(40)23-14-16-24(17-15-23)44-21-19-37)36(27-11-5-6-12-28(27)38-35(36)42)34-25-9-3-2-8-22(25)18-20-39(31)34/h2-18,20,30-31,34H,21H2,1H3,(H,38,42)/t30-,31-,34+,36+/m0/s1. The van der Waals surface area contributed by atoms with Gasteiger partial charge in [0, 0.05) is 17.5 Å². The second-order valence-electron chi connectivity index (χ2n) is 11.0. The number of ether oxygens (including phenoxy) is 2. The van der Waals surface area contributed by atoms with Crippen molar-refractivity contribution in [3.05, 3.63) is 131 Å². The minimum Gasteiger partial charge on any atom is -0.496 e. The summed E-state index contributed by atoms with van der Waals surface area (Å²) in [6.07, 6.45) is 3.77. The highest BCUT2D eigenvalue weighted by Crippen LogP contribution is 2.62. The Hall–Kier alpha value is -5.68. The fourth-order valence-electron chi connectivity index (χ4n) is 7.19. The smallest absolute Gasteiger partial charge is 0.238 e. The van der Waals surface area contributed by atoms with Crippen LogP contribution < -0.4 is 14.8 Å². The topological polar surface area (TPSA) is 109 Å². The Morgan fingerprint density at radius 2 is 1.66 bits per heavy atom. The van der Waals surface area contributed by atoms with Crippen molar-refractivity contribution < 1.29 is 23.9 Å². The quantitative estimate of drug-likeness (QED) is 0.284. The van der Waals surface area contributed by atoms with E-state index < -0.39 is 23.4 Å². The van der Waals surface area contributed by atoms with Crippen LogP contribution in [0.2, 0.25) is 0 Å². The van der Waals surface area contributed by atoms with Crippen molar-refractivity contribution in [1.82, 2.24) is 4.90 Å². The van der Waals surface area contributed by atoms with Crippen molar-refractivity contribution in [2.24, 2.45) is 5.92 Å². The molecule has 1 fully saturated rings. The Balaban J connectivity index is 1.49. The molecule has 7 rings (SSSR count). The maximum Gasteiger partial charge on any atom is 0.238 e. The molecule has 216 valence electrons. The fraction of sp³-hybridized carbons (Fsp3) is 0.167. The molecule has 1 amide bonds. The first-order valence-electron chi connectivity index (χ1n) is 14.3. The lowest BCUT2D eigenvalue weighted by Crippen LogP contribution is -2.49. The third-order valence-corrected chi connectivity index (χ3v) is 8.94. The first-order chi connectivity index (χ1) is 21.5. The van der Waals surface area contributed by atoms with Crippen LogP contribution in [0.25, 0.3) is 6.08 Å². The molecule has 4 aromatic rings. The predicted octanol–water partition coefficient (Wildman–Crippen LogP) is 5.58. The van der Waals surface area contributed by atoms with E-state index in [2.05, 4.69) is 5.32 Å². The molecule has 1 saturated heterocycles. The van der Waals surface area contributed by atoms with Gasteiger partial charge in [-0.3, -0.25) is 14.4 Å². The molecular formula is C36H27N3O5. The zero-order chi connectivity index (χ0) is 30.4. The van der Waals surface area contributed by atoms with Crippen LogP contribution in [0.3, 0.4) is 0 Å². The van der Waals surface area contributed by atoms with Crippen molar-refractivity contribution in [1.29, 1.82) is 5.26 Å². The van der Waals surface area contributed by atoms with E-state index in [1.54, 1.807) is 48.5 Å². The van der Waals surface area contributed by atoms with Crippen LogP contribution >= 0.6 is 0 Å². The van der Waals surface area contributed by atoms with Crippen LogP contribution in [0, 0.1) is 17.2 Å². The van der Waals surface area contributed by atoms with E-state index in [4.69, 9.17) is 14.7 Å². The van der Waals surface area contributed by atoms with E-state index >= 15 is 0 Å². The lowest BCUT2D eigenvalue weighted by atomic mass is 9.62. The molecule has 0 radical (unpaired) electrons. The Kier molecular flexibility index (Phi) is 6.51. The average molecular weight is 582 g/mol. The van der Waals surface area contributed by atoms with E-state index in [-0.39, 0.29) is 24.1 Å². The summed E-state index contributed by atoms with van der Waals surface area (Å²) in [6, 6.07) is 28.8. The first-order valence-corrected chi connectivity index (χ1v) is 14.3. The molecule has 8 heteroatoms. The molecule has 3 heterocycles. The summed E-state index contributed by atoms with van der Waals surface area (Å²) in [7, 11) is 1.50. The average Bonchev–Trinajstić information content (AvgIpc) is 3.55. The lowest BCUT2D eigenvalue weighted by Gasteiger charge is -2.38. The highest BCUT2D eigenvalue weighted by molar-refractivity contribution is 6.17. The molecule has 0 aromatic heterocycles. The van der Waals surface area contributed by atoms with Crippen molar-refractivity contribution in [2.45, 2.75) is 17.5 Å². The molecule has 3 aliphatic heterocycles. The monoisotopic (exact) mass is 581 g/mol. The number of nitrogens with one attached hydrogen (secondary N) is 1. The number of para-hydroxylation sites is 2. The number of nitriles is 1. The van der Waals surface area contributed by atoms with Gasteiger partial charge in [0.1, 0.15) is 29.0 Å². The normalized spacial score (nSPS) is 22.4. The molecule has 0 bridgehead atoms. The number of ketones is 2. The van der Waals surface area contributed by atoms with Crippen LogP contribution in [-0.2, 0) is 10.2 Å². The number of anilines is 1. The Morgan fingerprint density at radius 3 is 2.45 bits per heavy atom. The van der Waals surface area contributed by atoms with Crippen LogP contribution in [0.1, 0.15) is 43.4 Å². The van der Waals surface area contributed by atoms with Crippen molar-refractivity contribution in [3.8, 4) is 17.6 Å². The molecule has 3 aliphatic rings. The molecule has 44 heavy (non-hydrogen) atoms. The molecule has 1 N–H and O–H groups in total. The number of fused-ring (bicyclic) bond motifs is 6. The molecule has 0 saturated carbocycles. The summed E-state index contributed by atoms with van der Waals surface area (Å²) in [5.41, 5.74) is 2.28. The van der Waals surface area contributed by atoms with Gasteiger partial charge in [-0.25, -0.2) is 0 Å². The summed E-state index contributed by atoms with van der Waals surface area (Å²) in [4.78, 5) is 46.2. The fourth-order valence-corrected chi connectivity index (χ4v) is 7.19. The number of amides is 1. The van der Waals surface area contributed by atoms with Crippen molar-refractivity contribution >= 4 is 29.2 Å². The van der Waals surface area contributed by atoms with E-state index in [1.807, 2.05) is 71.8 Å². The molecule has 0 aliphatic carbocycles. The number of rotatable bonds is 7. The Morgan fingerprint density at radius 1 is 0.932 bits per heavy atom. The van der Waals surface area contributed by atoms with Gasteiger partial charge in [-0.15, -0.1) is 0 Å². The SMILES string of the molecule is COc1ccccc1C(=O)[C@@H]1[C@@H](C(=O)c2ccc(OCC#N)cc2)[C@@]2(C(=O)Nc3ccccc32)[C@H]2c3ccccc3C=CN12. The van der Waals surface area contributed by atoms with Crippen molar-refractivity contribution in [2.75, 3.05) is 19.0 Å². The Bertz CT molecular complexity index is 1890. The number of methoxy groups -OCH3 is 1. The number of nitrogens with zero attached hydrogens (tertiary/aromatic N) is 2. The summed E-state index contributed by atoms with van der Waals surface area (Å²) >= 11 is 0. The van der Waals surface area contributed by atoms with Crippen LogP contribution in [-0.4, -0.2) is 42.1 Å². The summed E-state index contributed by atoms with van der Waals surface area (Å²) in [6.45, 7) is -0.131. The number of benzene rings is 4. The van der Waals surface area contributed by atoms with Gasteiger partial charge in [-0.05, 0) is 65.2 Å². The van der Waals surface area contributed by atoms with Crippen LogP contribution in [0.5, 0.6) is 11.5 Å². The molecule has 8 nitrogen and oxygen atoms in total. The number of hydrogen-bond acceptors (Lipinski definition) is 7. The minimum absolute atomic E-state index is 0.131. The molecule has 0 unspecified atom stereocenters. The molecule has 4 aromatic carbocycles. The maximum atomic E-state index is 14.9. The maximum absolute atomic E-state index is 14.9. The second kappa shape index (κ2) is 10.5. The van der Waals surface area contributed by atoms with Gasteiger partial charge in [0.25, 0.3) is 0 Å². The highest BCUT2D eigenvalue weighted by atomic mass is 16.5. The minimum atomic E-state index is -1.44.